The first kappa shape index (κ1) is 28.6. The maximum Gasteiger partial charge on any atom is 0.232 e. The highest BCUT2D eigenvalue weighted by Crippen LogP contribution is 2.83. The molecule has 1 aromatic rings. The van der Waals surface area contributed by atoms with E-state index in [1.54, 1.807) is 0 Å². The zero-order valence-electron chi connectivity index (χ0n) is 20.5. The van der Waals surface area contributed by atoms with Crippen molar-refractivity contribution in [3.05, 3.63) is 24.3 Å². The number of amides is 2. The Labute approximate surface area is 263 Å². The highest BCUT2D eigenvalue weighted by molar-refractivity contribution is 9.25. The standard InChI is InChI=1S/C26H30Br6N2O2/c1-21(2)23(17(29)30)8-10-25(21,15(23)27)19(35)33-13-6-5-7-14(12-13)34-20(36)26-11-9-24(16(26)28,18(31)32)22(26,3)4/h5-7,12,15-18H,8-11H2,1-4H3,(H,33,35)(H,34,36). The molecule has 6 aliphatic carbocycles. The summed E-state index contributed by atoms with van der Waals surface area (Å²) in [5, 5.41) is 6.36. The van der Waals surface area contributed by atoms with Gasteiger partial charge in [0.05, 0.1) is 18.3 Å². The van der Waals surface area contributed by atoms with E-state index in [-0.39, 0.29) is 50.6 Å². The molecule has 0 radical (unpaired) electrons. The number of benzene rings is 1. The molecule has 7 rings (SSSR count). The number of hydrogen-bond donors (Lipinski definition) is 2. The van der Waals surface area contributed by atoms with E-state index < -0.39 is 10.8 Å². The first-order chi connectivity index (χ1) is 16.6. The van der Waals surface area contributed by atoms with Gasteiger partial charge in [0.15, 0.2) is 0 Å². The van der Waals surface area contributed by atoms with Crippen LogP contribution >= 0.6 is 95.6 Å². The van der Waals surface area contributed by atoms with Gasteiger partial charge in [-0.2, -0.15) is 0 Å². The molecule has 6 atom stereocenters. The third kappa shape index (κ3) is 2.96. The van der Waals surface area contributed by atoms with Gasteiger partial charge in [-0.1, -0.05) is 129 Å². The van der Waals surface area contributed by atoms with Crippen molar-refractivity contribution in [2.75, 3.05) is 10.6 Å². The molecule has 4 bridgehead atoms. The van der Waals surface area contributed by atoms with E-state index >= 15 is 0 Å². The van der Waals surface area contributed by atoms with Crippen LogP contribution in [0, 0.1) is 32.5 Å². The van der Waals surface area contributed by atoms with Crippen molar-refractivity contribution in [2.24, 2.45) is 32.5 Å². The van der Waals surface area contributed by atoms with Crippen LogP contribution in [0.5, 0.6) is 0 Å². The minimum atomic E-state index is -0.487. The van der Waals surface area contributed by atoms with Crippen LogP contribution in [0.2, 0.25) is 0 Å². The van der Waals surface area contributed by atoms with Gasteiger partial charge < -0.3 is 10.6 Å². The Hall–Kier alpha value is 1.04. The van der Waals surface area contributed by atoms with Gasteiger partial charge in [-0.05, 0) is 54.7 Å². The van der Waals surface area contributed by atoms with Crippen molar-refractivity contribution in [1.82, 2.24) is 0 Å². The van der Waals surface area contributed by atoms with Crippen molar-refractivity contribution < 1.29 is 9.59 Å². The number of carbonyl (C=O) groups is 2. The van der Waals surface area contributed by atoms with E-state index in [4.69, 9.17) is 0 Å². The van der Waals surface area contributed by atoms with Gasteiger partial charge in [-0.25, -0.2) is 0 Å². The lowest BCUT2D eigenvalue weighted by Crippen LogP contribution is -2.71. The first-order valence-electron chi connectivity index (χ1n) is 12.2. The van der Waals surface area contributed by atoms with Crippen molar-refractivity contribution in [2.45, 2.75) is 70.5 Å². The Kier molecular flexibility index (Phi) is 6.96. The summed E-state index contributed by atoms with van der Waals surface area (Å²) in [5.74, 6) is 0.0688. The molecule has 0 saturated heterocycles. The van der Waals surface area contributed by atoms with Crippen molar-refractivity contribution in [3.63, 3.8) is 0 Å². The average molecular weight is 882 g/mol. The third-order valence-corrected chi connectivity index (χ3v) is 17.6. The van der Waals surface area contributed by atoms with Gasteiger partial charge in [-0.3, -0.25) is 9.59 Å². The topological polar surface area (TPSA) is 58.2 Å². The number of hydrogen-bond acceptors (Lipinski definition) is 2. The molecule has 6 aliphatic rings. The number of anilines is 2. The van der Waals surface area contributed by atoms with Gasteiger partial charge in [-0.15, -0.1) is 0 Å². The Morgan fingerprint density at radius 2 is 1.11 bits per heavy atom. The summed E-state index contributed by atoms with van der Waals surface area (Å²) in [4.78, 5) is 27.6. The lowest BCUT2D eigenvalue weighted by atomic mass is 9.43. The Morgan fingerprint density at radius 1 is 0.750 bits per heavy atom. The first-order valence-corrected chi connectivity index (χ1v) is 17.7. The van der Waals surface area contributed by atoms with E-state index in [1.807, 2.05) is 24.3 Å². The average Bonchev–Trinajstić information content (AvgIpc) is 3.45. The highest BCUT2D eigenvalue weighted by atomic mass is 79.9. The minimum absolute atomic E-state index is 0.0268. The highest BCUT2D eigenvalue weighted by Gasteiger charge is 2.84. The van der Waals surface area contributed by atoms with Crippen LogP contribution in [0.15, 0.2) is 24.3 Å². The molecule has 198 valence electrons. The maximum absolute atomic E-state index is 13.7. The summed E-state index contributed by atoms with van der Waals surface area (Å²) in [6.45, 7) is 8.80. The third-order valence-electron chi connectivity index (χ3n) is 11.2. The molecule has 4 nitrogen and oxygen atoms in total. The molecule has 0 aromatic heterocycles. The number of fused-ring (bicyclic) bond motifs is 2. The lowest BCUT2D eigenvalue weighted by molar-refractivity contribution is -0.156. The summed E-state index contributed by atoms with van der Waals surface area (Å²) in [5.41, 5.74) is 0.00613. The lowest BCUT2D eigenvalue weighted by Gasteiger charge is -2.66. The van der Waals surface area contributed by atoms with Crippen LogP contribution in [0.1, 0.15) is 53.4 Å². The van der Waals surface area contributed by atoms with E-state index in [2.05, 4.69) is 134 Å². The van der Waals surface area contributed by atoms with Crippen LogP contribution in [0.3, 0.4) is 0 Å². The van der Waals surface area contributed by atoms with E-state index in [1.165, 1.54) is 0 Å². The zero-order valence-corrected chi connectivity index (χ0v) is 30.0. The molecule has 0 aliphatic heterocycles. The van der Waals surface area contributed by atoms with Gasteiger partial charge in [0, 0.05) is 31.9 Å². The normalized spacial score (nSPS) is 41.1. The monoisotopic (exact) mass is 876 g/mol. The summed E-state index contributed by atoms with van der Waals surface area (Å²) in [7, 11) is 0. The molecule has 2 amide bonds. The quantitative estimate of drug-likeness (QED) is 0.281. The van der Waals surface area contributed by atoms with Crippen molar-refractivity contribution >= 4 is 119 Å². The summed E-state index contributed by atoms with van der Waals surface area (Å²) in [6.07, 6.45) is 3.61. The fourth-order valence-corrected chi connectivity index (χ4v) is 18.4. The van der Waals surface area contributed by atoms with Crippen LogP contribution < -0.4 is 10.6 Å². The fraction of sp³-hybridized carbons (Fsp3) is 0.692. The summed E-state index contributed by atoms with van der Waals surface area (Å²) >= 11 is 22.8. The predicted molar refractivity (Wildman–Crippen MR) is 168 cm³/mol. The molecule has 36 heavy (non-hydrogen) atoms. The molecule has 6 saturated carbocycles. The second-order valence-corrected chi connectivity index (χ2v) is 20.0. The van der Waals surface area contributed by atoms with Crippen molar-refractivity contribution in [1.29, 1.82) is 0 Å². The van der Waals surface area contributed by atoms with Crippen LogP contribution in [-0.4, -0.2) is 28.9 Å². The van der Waals surface area contributed by atoms with Gasteiger partial charge in [0.2, 0.25) is 11.8 Å². The Balaban J connectivity index is 1.34. The van der Waals surface area contributed by atoms with Crippen molar-refractivity contribution in [3.8, 4) is 0 Å². The molecule has 0 heterocycles. The molecule has 1 aromatic carbocycles. The number of nitrogens with one attached hydrogen (secondary N) is 2. The molecular formula is C26H30Br6N2O2. The number of alkyl halides is 6. The summed E-state index contributed by atoms with van der Waals surface area (Å²) in [6, 6.07) is 7.53. The van der Waals surface area contributed by atoms with Gasteiger partial charge >= 0.3 is 0 Å². The van der Waals surface area contributed by atoms with E-state index in [0.717, 1.165) is 25.7 Å². The molecule has 0 spiro atoms. The Bertz CT molecular complexity index is 1060. The van der Waals surface area contributed by atoms with Crippen LogP contribution in [0.4, 0.5) is 11.4 Å². The number of halogens is 6. The number of carbonyl (C=O) groups excluding carboxylic acids is 2. The molecule has 6 fully saturated rings. The Morgan fingerprint density at radius 3 is 1.39 bits per heavy atom. The summed E-state index contributed by atoms with van der Waals surface area (Å²) < 4.78 is 0.261. The molecular weight excluding hydrogens is 852 g/mol. The second-order valence-electron chi connectivity index (χ2n) is 12.1. The molecule has 10 heteroatoms. The SMILES string of the molecule is CC1(C)C2(C(=O)Nc3cccc(NC(=O)C45CCC(C(Br)Br)(C4Br)C5(C)C)c3)CCC1(C(Br)Br)C2Br. The fourth-order valence-electron chi connectivity index (χ4n) is 8.56. The smallest absolute Gasteiger partial charge is 0.232 e. The predicted octanol–water partition coefficient (Wildman–Crippen LogP) is 8.94. The largest absolute Gasteiger partial charge is 0.325 e. The van der Waals surface area contributed by atoms with Crippen LogP contribution in [-0.2, 0) is 9.59 Å². The number of rotatable bonds is 6. The van der Waals surface area contributed by atoms with Gasteiger partial charge in [0.25, 0.3) is 0 Å². The zero-order chi connectivity index (χ0) is 26.7. The molecule has 6 unspecified atom stereocenters. The minimum Gasteiger partial charge on any atom is -0.325 e. The van der Waals surface area contributed by atoms with Crippen LogP contribution in [0.25, 0.3) is 0 Å². The van der Waals surface area contributed by atoms with E-state index in [0.29, 0.717) is 11.4 Å². The van der Waals surface area contributed by atoms with Gasteiger partial charge in [0.1, 0.15) is 0 Å². The maximum atomic E-state index is 13.7. The molecule has 2 N–H and O–H groups in total. The van der Waals surface area contributed by atoms with E-state index in [9.17, 15) is 9.59 Å². The second kappa shape index (κ2) is 8.77.